The first-order valence-corrected chi connectivity index (χ1v) is 3.09. The molecule has 0 saturated heterocycles. The van der Waals surface area contributed by atoms with Crippen LogP contribution in [0, 0.1) is 0 Å². The van der Waals surface area contributed by atoms with Gasteiger partial charge in [0.2, 0.25) is 0 Å². The summed E-state index contributed by atoms with van der Waals surface area (Å²) in [6.45, 7) is 1.95. The van der Waals surface area contributed by atoms with Gasteiger partial charge in [-0.1, -0.05) is 19.8 Å². The molecule has 3 nitrogen and oxygen atoms in total. The molecule has 0 amide bonds. The Morgan fingerprint density at radius 3 is 2.40 bits per heavy atom. The van der Waals surface area contributed by atoms with Crippen molar-refractivity contribution in [1.82, 2.24) is 0 Å². The van der Waals surface area contributed by atoms with Crippen LogP contribution in [0.25, 0.3) is 0 Å². The van der Waals surface area contributed by atoms with Gasteiger partial charge in [-0.05, 0) is 6.42 Å². The van der Waals surface area contributed by atoms with Crippen LogP contribution in [0.4, 0.5) is 0 Å². The first kappa shape index (κ1) is 12.9. The molecular formula is C6H15BiO3. The Morgan fingerprint density at radius 1 is 1.60 bits per heavy atom. The summed E-state index contributed by atoms with van der Waals surface area (Å²) >= 11 is 0. The second kappa shape index (κ2) is 7.42. The number of carboxylic acid groups (broad SMARTS) is 1. The van der Waals surface area contributed by atoms with Gasteiger partial charge in [0.05, 0.1) is 0 Å². The summed E-state index contributed by atoms with van der Waals surface area (Å²) in [4.78, 5) is 9.96. The average Bonchev–Trinajstić information content (AvgIpc) is 1.82. The fourth-order valence-electron chi connectivity index (χ4n) is 0.521. The van der Waals surface area contributed by atoms with E-state index in [1.807, 2.05) is 6.92 Å². The molecule has 10 heavy (non-hydrogen) atoms. The molecule has 0 spiro atoms. The van der Waals surface area contributed by atoms with Crippen LogP contribution >= 0.6 is 0 Å². The van der Waals surface area contributed by atoms with E-state index >= 15 is 0 Å². The Bertz CT molecular complexity index is 95.0. The minimum absolute atomic E-state index is 0. The predicted octanol–water partition coefficient (Wildman–Crippen LogP) is -0.562. The molecule has 0 heterocycles. The maximum absolute atomic E-state index is 9.96. The SMILES string of the molecule is CCCCC(O)C(=O)O.[BiH3]. The quantitative estimate of drug-likeness (QED) is 0.673. The van der Waals surface area contributed by atoms with E-state index in [4.69, 9.17) is 10.2 Å². The van der Waals surface area contributed by atoms with E-state index in [2.05, 4.69) is 0 Å². The fourth-order valence-corrected chi connectivity index (χ4v) is 0.521. The van der Waals surface area contributed by atoms with Crippen molar-refractivity contribution in [3.63, 3.8) is 0 Å². The third kappa shape index (κ3) is 6.43. The van der Waals surface area contributed by atoms with Gasteiger partial charge in [0.15, 0.2) is 6.10 Å². The molecule has 4 heteroatoms. The van der Waals surface area contributed by atoms with Crippen LogP contribution in [0.5, 0.6) is 0 Å². The van der Waals surface area contributed by atoms with Crippen molar-refractivity contribution in [3.8, 4) is 0 Å². The van der Waals surface area contributed by atoms with Crippen molar-refractivity contribution < 1.29 is 15.0 Å². The summed E-state index contributed by atoms with van der Waals surface area (Å²) in [7, 11) is 0. The topological polar surface area (TPSA) is 57.5 Å². The van der Waals surface area contributed by atoms with Gasteiger partial charge < -0.3 is 10.2 Å². The minimum atomic E-state index is -1.16. The summed E-state index contributed by atoms with van der Waals surface area (Å²) in [6.07, 6.45) is 0.897. The third-order valence-corrected chi connectivity index (χ3v) is 1.12. The second-order valence-electron chi connectivity index (χ2n) is 2.00. The number of hydrogen-bond acceptors (Lipinski definition) is 2. The Kier molecular flexibility index (Phi) is 9.60. The second-order valence-corrected chi connectivity index (χ2v) is 2.00. The first-order valence-electron chi connectivity index (χ1n) is 3.09. The predicted molar refractivity (Wildman–Crippen MR) is 43.1 cm³/mol. The molecule has 0 saturated carbocycles. The molecule has 0 fully saturated rings. The average molecular weight is 344 g/mol. The van der Waals surface area contributed by atoms with Gasteiger partial charge in [0, 0.05) is 0 Å². The van der Waals surface area contributed by atoms with Gasteiger partial charge in [0.25, 0.3) is 0 Å². The van der Waals surface area contributed by atoms with Gasteiger partial charge in [-0.2, -0.15) is 0 Å². The molecule has 2 N–H and O–H groups in total. The first-order chi connectivity index (χ1) is 4.18. The van der Waals surface area contributed by atoms with Crippen LogP contribution in [0.2, 0.25) is 0 Å². The van der Waals surface area contributed by atoms with Crippen molar-refractivity contribution in [2.45, 2.75) is 32.3 Å². The van der Waals surface area contributed by atoms with Crippen LogP contribution < -0.4 is 0 Å². The van der Waals surface area contributed by atoms with E-state index in [-0.39, 0.29) is 26.2 Å². The van der Waals surface area contributed by atoms with Crippen molar-refractivity contribution >= 4 is 32.2 Å². The zero-order chi connectivity index (χ0) is 7.28. The molecule has 62 valence electrons. The molecule has 0 rings (SSSR count). The summed E-state index contributed by atoms with van der Waals surface area (Å²) in [5, 5.41) is 16.8. The molecule has 0 aromatic heterocycles. The molecule has 0 aromatic rings. The van der Waals surface area contributed by atoms with Crippen molar-refractivity contribution in [3.05, 3.63) is 0 Å². The van der Waals surface area contributed by atoms with Gasteiger partial charge in [-0.3, -0.25) is 0 Å². The zero-order valence-electron chi connectivity index (χ0n) is 6.21. The zero-order valence-corrected chi connectivity index (χ0v) is 11.7. The molecule has 0 aromatic carbocycles. The van der Waals surface area contributed by atoms with Gasteiger partial charge >= 0.3 is 32.2 Å². The Morgan fingerprint density at radius 2 is 2.10 bits per heavy atom. The van der Waals surface area contributed by atoms with Crippen LogP contribution in [0.1, 0.15) is 26.2 Å². The summed E-state index contributed by atoms with van der Waals surface area (Å²) in [5.41, 5.74) is 0. The number of aliphatic hydroxyl groups excluding tert-OH is 1. The van der Waals surface area contributed by atoms with Crippen LogP contribution in [-0.2, 0) is 4.79 Å². The Balaban J connectivity index is 0. The van der Waals surface area contributed by atoms with E-state index in [0.29, 0.717) is 6.42 Å². The molecule has 1 unspecified atom stereocenters. The molecule has 0 aliphatic carbocycles. The molecule has 0 radical (unpaired) electrons. The molecular weight excluding hydrogens is 329 g/mol. The summed E-state index contributed by atoms with van der Waals surface area (Å²) in [5.74, 6) is -1.12. The van der Waals surface area contributed by atoms with Crippen LogP contribution in [0.15, 0.2) is 0 Å². The number of rotatable bonds is 4. The number of carboxylic acids is 1. The van der Waals surface area contributed by atoms with Gasteiger partial charge in [-0.25, -0.2) is 4.79 Å². The monoisotopic (exact) mass is 344 g/mol. The standard InChI is InChI=1S/C6H12O3.Bi.3H/c1-2-3-4-5(7)6(8)9;;;;/h5,7H,2-4H2,1H3,(H,8,9);;;;. The number of hydrogen-bond donors (Lipinski definition) is 2. The molecule has 1 atom stereocenters. The van der Waals surface area contributed by atoms with E-state index in [1.54, 1.807) is 0 Å². The van der Waals surface area contributed by atoms with Crippen molar-refractivity contribution in [2.24, 2.45) is 0 Å². The number of aliphatic hydroxyl groups is 1. The van der Waals surface area contributed by atoms with Crippen molar-refractivity contribution in [2.75, 3.05) is 0 Å². The van der Waals surface area contributed by atoms with Gasteiger partial charge in [0.1, 0.15) is 0 Å². The summed E-state index contributed by atoms with van der Waals surface area (Å²) < 4.78 is 0. The number of carbonyl (C=O) groups is 1. The van der Waals surface area contributed by atoms with E-state index < -0.39 is 12.1 Å². The Labute approximate surface area is 79.6 Å². The summed E-state index contributed by atoms with van der Waals surface area (Å²) in [6, 6.07) is 0. The van der Waals surface area contributed by atoms with Crippen LogP contribution in [0.3, 0.4) is 0 Å². The molecule has 0 aliphatic heterocycles. The fraction of sp³-hybridized carbons (Fsp3) is 0.833. The molecule has 0 aliphatic rings. The van der Waals surface area contributed by atoms with E-state index in [9.17, 15) is 4.79 Å². The Hall–Kier alpha value is 0.313. The normalized spacial score (nSPS) is 11.8. The maximum atomic E-state index is 9.96. The number of unbranched alkanes of at least 4 members (excludes halogenated alkanes) is 1. The molecule has 0 bridgehead atoms. The van der Waals surface area contributed by atoms with Crippen molar-refractivity contribution in [1.29, 1.82) is 0 Å². The van der Waals surface area contributed by atoms with Crippen LogP contribution in [-0.4, -0.2) is 48.5 Å². The third-order valence-electron chi connectivity index (χ3n) is 1.12. The van der Waals surface area contributed by atoms with E-state index in [0.717, 1.165) is 12.8 Å². The number of aliphatic carboxylic acids is 1. The van der Waals surface area contributed by atoms with Gasteiger partial charge in [-0.15, -0.1) is 0 Å². The van der Waals surface area contributed by atoms with E-state index in [1.165, 1.54) is 0 Å².